The Morgan fingerprint density at radius 1 is 0.660 bits per heavy atom. The first-order valence-corrected chi connectivity index (χ1v) is 17.4. The SMILES string of the molecule is NC(=O)[C@@H]1C[C@@]2(CN1)NC(=O)[C@@H]1C[C@]3(CN1C2=O)NC(=O)[C@H]1C[C@@]2(CN1C3=O)NC(=O)[C@H]1C[C@]3(CN1C2=O)NC(=O)[C@H](Cc1ccc(O)cc1)NC3=O. The number of hydrogen-bond donors (Lipinski definition) is 8. The molecular weight excluding hydrogens is 696 g/mol. The van der Waals surface area contributed by atoms with Crippen molar-refractivity contribution in [2.24, 2.45) is 5.73 Å². The van der Waals surface area contributed by atoms with Gasteiger partial charge in [-0.3, -0.25) is 43.2 Å². The maximum absolute atomic E-state index is 14.3. The van der Waals surface area contributed by atoms with E-state index in [0.29, 0.717) is 5.56 Å². The minimum atomic E-state index is -1.72. The standard InChI is InChI=1S/C33H36N10O10/c34-21(45)17-6-30(10-35-17)27(51)42-12-32(8-19(42)23(47)38-30)29(53)43-13-33(9-20(43)25(49)40-32)28(52)41-11-31(7-18(41)24(48)39-33)26(50)36-16(22(46)37-31)5-14-1-3-15(44)4-2-14/h1-4,16-20,35,44H,5-13H2,(H2,34,45)(H,36,50)(H,37,46)(H,38,47)(H,39,48)(H,40,49)/t16-,17-,18+,19-,20+,30-,31+,32+,33-/m0/s1. The summed E-state index contributed by atoms with van der Waals surface area (Å²) < 4.78 is 0. The Labute approximate surface area is 299 Å². The number of carbonyl (C=O) groups excluding carboxylic acids is 9. The molecule has 0 saturated carbocycles. The molecule has 0 bridgehead atoms. The third kappa shape index (κ3) is 4.53. The van der Waals surface area contributed by atoms with Gasteiger partial charge in [-0.1, -0.05) is 12.1 Å². The molecule has 1 aromatic rings. The summed E-state index contributed by atoms with van der Waals surface area (Å²) in [6.45, 7) is -1.07. The van der Waals surface area contributed by atoms with E-state index < -0.39 is 106 Å². The quantitative estimate of drug-likeness (QED) is 0.145. The van der Waals surface area contributed by atoms with Crippen LogP contribution in [0.15, 0.2) is 24.3 Å². The molecule has 4 spiro atoms. The molecule has 278 valence electrons. The van der Waals surface area contributed by atoms with Crippen LogP contribution in [-0.4, -0.2) is 152 Å². The predicted molar refractivity (Wildman–Crippen MR) is 173 cm³/mol. The lowest BCUT2D eigenvalue weighted by Gasteiger charge is -2.42. The molecular formula is C33H36N10O10. The summed E-state index contributed by atoms with van der Waals surface area (Å²) in [6.07, 6.45) is -0.612. The molecule has 20 heteroatoms. The minimum Gasteiger partial charge on any atom is -0.508 e. The third-order valence-corrected chi connectivity index (χ3v) is 12.4. The zero-order chi connectivity index (χ0) is 37.4. The Morgan fingerprint density at radius 2 is 1.11 bits per heavy atom. The second-order valence-electron chi connectivity index (χ2n) is 15.7. The molecule has 8 heterocycles. The fourth-order valence-electron chi connectivity index (χ4n) is 9.75. The van der Waals surface area contributed by atoms with Crippen molar-refractivity contribution in [3.8, 4) is 5.75 Å². The molecule has 53 heavy (non-hydrogen) atoms. The van der Waals surface area contributed by atoms with Crippen molar-refractivity contribution in [2.75, 3.05) is 26.2 Å². The molecule has 9 rings (SSSR count). The highest BCUT2D eigenvalue weighted by molar-refractivity contribution is 6.09. The van der Waals surface area contributed by atoms with Crippen molar-refractivity contribution < 1.29 is 48.3 Å². The van der Waals surface area contributed by atoms with Gasteiger partial charge < -0.3 is 57.4 Å². The molecule has 0 aromatic heterocycles. The maximum Gasteiger partial charge on any atom is 0.251 e. The van der Waals surface area contributed by atoms with Gasteiger partial charge in [0.05, 0.1) is 25.7 Å². The average Bonchev–Trinajstić information content (AvgIpc) is 3.90. The molecule has 20 nitrogen and oxygen atoms in total. The number of amides is 9. The van der Waals surface area contributed by atoms with Crippen molar-refractivity contribution in [1.82, 2.24) is 46.6 Å². The van der Waals surface area contributed by atoms with E-state index in [2.05, 4.69) is 31.9 Å². The number of primary amides is 1. The lowest BCUT2D eigenvalue weighted by molar-refractivity contribution is -0.154. The number of benzene rings is 1. The zero-order valence-corrected chi connectivity index (χ0v) is 28.1. The third-order valence-electron chi connectivity index (χ3n) is 12.4. The van der Waals surface area contributed by atoms with Gasteiger partial charge in [-0.05, 0) is 17.7 Å². The number of nitrogens with one attached hydrogen (secondary N) is 6. The maximum atomic E-state index is 14.3. The van der Waals surface area contributed by atoms with Gasteiger partial charge in [-0.15, -0.1) is 0 Å². The minimum absolute atomic E-state index is 0.0489. The van der Waals surface area contributed by atoms with E-state index in [9.17, 15) is 48.3 Å². The van der Waals surface area contributed by atoms with E-state index in [4.69, 9.17) is 5.73 Å². The summed E-state index contributed by atoms with van der Waals surface area (Å²) in [6, 6.07) is 1.03. The van der Waals surface area contributed by atoms with Crippen LogP contribution in [0.5, 0.6) is 5.75 Å². The Balaban J connectivity index is 0.925. The number of phenolic OH excluding ortho intramolecular Hbond substituents is 1. The van der Waals surface area contributed by atoms with Crippen molar-refractivity contribution in [3.05, 3.63) is 29.8 Å². The van der Waals surface area contributed by atoms with Gasteiger partial charge in [0.25, 0.3) is 17.7 Å². The van der Waals surface area contributed by atoms with Crippen LogP contribution < -0.4 is 37.6 Å². The summed E-state index contributed by atoms with van der Waals surface area (Å²) in [5.41, 5.74) is -0.351. The zero-order valence-electron chi connectivity index (χ0n) is 28.1. The molecule has 1 aromatic carbocycles. The van der Waals surface area contributed by atoms with Gasteiger partial charge >= 0.3 is 0 Å². The summed E-state index contributed by atoms with van der Waals surface area (Å²) in [4.78, 5) is 126. The highest BCUT2D eigenvalue weighted by Gasteiger charge is 2.70. The summed E-state index contributed by atoms with van der Waals surface area (Å²) in [5, 5.41) is 26.1. The van der Waals surface area contributed by atoms with Gasteiger partial charge in [0, 0.05) is 38.6 Å². The Kier molecular flexibility index (Phi) is 6.64. The van der Waals surface area contributed by atoms with Crippen LogP contribution in [0.3, 0.4) is 0 Å². The van der Waals surface area contributed by atoms with Crippen molar-refractivity contribution in [2.45, 2.75) is 84.5 Å². The molecule has 0 unspecified atom stereocenters. The number of phenols is 1. The number of carbonyl (C=O) groups is 9. The number of rotatable bonds is 3. The van der Waals surface area contributed by atoms with E-state index in [-0.39, 0.29) is 64.0 Å². The Morgan fingerprint density at radius 3 is 1.62 bits per heavy atom. The number of fused-ring (bicyclic) bond motifs is 3. The highest BCUT2D eigenvalue weighted by Crippen LogP contribution is 2.44. The number of hydrogen-bond acceptors (Lipinski definition) is 11. The van der Waals surface area contributed by atoms with Crippen LogP contribution in [0.4, 0.5) is 0 Å². The van der Waals surface area contributed by atoms with Crippen LogP contribution in [-0.2, 0) is 49.6 Å². The van der Waals surface area contributed by atoms with Crippen LogP contribution in [0.2, 0.25) is 0 Å². The van der Waals surface area contributed by atoms with Crippen LogP contribution in [0.25, 0.3) is 0 Å². The molecule has 9 N–H and O–H groups in total. The molecule has 8 aliphatic heterocycles. The number of aromatic hydroxyl groups is 1. The molecule has 9 atom stereocenters. The van der Waals surface area contributed by atoms with Gasteiger partial charge in [-0.2, -0.15) is 0 Å². The first-order chi connectivity index (χ1) is 25.1. The summed E-state index contributed by atoms with van der Waals surface area (Å²) >= 11 is 0. The lowest BCUT2D eigenvalue weighted by atomic mass is 9.87. The monoisotopic (exact) mass is 732 g/mol. The largest absolute Gasteiger partial charge is 0.508 e. The van der Waals surface area contributed by atoms with E-state index in [1.807, 2.05) is 0 Å². The predicted octanol–water partition coefficient (Wildman–Crippen LogP) is -6.46. The smallest absolute Gasteiger partial charge is 0.251 e. The molecule has 8 fully saturated rings. The highest BCUT2D eigenvalue weighted by atomic mass is 16.3. The number of piperazine rings is 4. The van der Waals surface area contributed by atoms with E-state index in [1.165, 1.54) is 26.8 Å². The van der Waals surface area contributed by atoms with Gasteiger partial charge in [0.2, 0.25) is 35.4 Å². The van der Waals surface area contributed by atoms with Crippen molar-refractivity contribution in [1.29, 1.82) is 0 Å². The topological polar surface area (TPSA) is 282 Å². The second-order valence-corrected chi connectivity index (χ2v) is 15.7. The van der Waals surface area contributed by atoms with Crippen molar-refractivity contribution >= 4 is 53.2 Å². The molecule has 9 amide bonds. The molecule has 0 radical (unpaired) electrons. The molecule has 0 aliphatic carbocycles. The first kappa shape index (κ1) is 33.1. The Hall–Kier alpha value is -5.79. The fraction of sp³-hybridized carbons (Fsp3) is 0.545. The Bertz CT molecular complexity index is 1980. The molecule has 8 aliphatic rings. The van der Waals surface area contributed by atoms with Gasteiger partial charge in [-0.25, -0.2) is 0 Å². The normalized spacial score (nSPS) is 40.0. The fourth-order valence-corrected chi connectivity index (χ4v) is 9.75. The first-order valence-electron chi connectivity index (χ1n) is 17.4. The van der Waals surface area contributed by atoms with E-state index in [0.717, 1.165) is 0 Å². The number of nitrogens with zero attached hydrogens (tertiary/aromatic N) is 3. The lowest BCUT2D eigenvalue weighted by Crippen LogP contribution is -2.72. The summed E-state index contributed by atoms with van der Waals surface area (Å²) in [7, 11) is 0. The van der Waals surface area contributed by atoms with Gasteiger partial charge in [0.1, 0.15) is 52.1 Å². The number of nitrogens with two attached hydrogens (primary N) is 1. The van der Waals surface area contributed by atoms with E-state index in [1.54, 1.807) is 12.1 Å². The second kappa shape index (κ2) is 10.6. The van der Waals surface area contributed by atoms with Crippen LogP contribution >= 0.6 is 0 Å². The van der Waals surface area contributed by atoms with Crippen molar-refractivity contribution in [3.63, 3.8) is 0 Å². The summed E-state index contributed by atoms with van der Waals surface area (Å²) in [5.74, 6) is -5.25. The van der Waals surface area contributed by atoms with E-state index >= 15 is 0 Å². The average molecular weight is 733 g/mol. The van der Waals surface area contributed by atoms with Gasteiger partial charge in [0.15, 0.2) is 0 Å². The van der Waals surface area contributed by atoms with Crippen LogP contribution in [0, 0.1) is 0 Å². The van der Waals surface area contributed by atoms with Crippen LogP contribution in [0.1, 0.15) is 31.2 Å². The molecule has 8 saturated heterocycles.